The van der Waals surface area contributed by atoms with Crippen LogP contribution >= 0.6 is 0 Å². The van der Waals surface area contributed by atoms with Crippen LogP contribution in [0.1, 0.15) is 21.6 Å². The van der Waals surface area contributed by atoms with Crippen molar-refractivity contribution in [3.8, 4) is 0 Å². The monoisotopic (exact) mass is 298 g/mol. The molecule has 0 fully saturated rings. The molecule has 1 aromatic carbocycles. The molecule has 0 unspecified atom stereocenters. The number of nitrogens with zero attached hydrogens (tertiary/aromatic N) is 2. The van der Waals surface area contributed by atoms with Crippen LogP contribution in [0.25, 0.3) is 0 Å². The molecule has 3 N–H and O–H groups in total. The summed E-state index contributed by atoms with van der Waals surface area (Å²) in [7, 11) is 1.69. The Labute approximate surface area is 118 Å². The van der Waals surface area contributed by atoms with Gasteiger partial charge in [-0.25, -0.2) is 0 Å². The summed E-state index contributed by atoms with van der Waals surface area (Å²) in [6.45, 7) is 0.144. The number of alkyl halides is 3. The number of nitrogen functional groups attached to an aromatic ring is 1. The lowest BCUT2D eigenvalue weighted by Crippen LogP contribution is -2.25. The number of halogens is 3. The van der Waals surface area contributed by atoms with E-state index in [1.54, 1.807) is 24.0 Å². The lowest BCUT2D eigenvalue weighted by molar-refractivity contribution is -0.137. The highest BCUT2D eigenvalue weighted by Gasteiger charge is 2.31. The molecule has 21 heavy (non-hydrogen) atoms. The maximum Gasteiger partial charge on any atom is 0.416 e. The number of aromatic nitrogens is 2. The smallest absolute Gasteiger partial charge is 0.398 e. The molecule has 0 aliphatic carbocycles. The number of nitrogens with two attached hydrogens (primary N) is 1. The van der Waals surface area contributed by atoms with Gasteiger partial charge in [-0.1, -0.05) is 0 Å². The summed E-state index contributed by atoms with van der Waals surface area (Å²) < 4.78 is 39.5. The largest absolute Gasteiger partial charge is 0.416 e. The first-order valence-corrected chi connectivity index (χ1v) is 6.01. The van der Waals surface area contributed by atoms with Crippen molar-refractivity contribution in [2.24, 2.45) is 7.05 Å². The number of carbonyl (C=O) groups is 1. The van der Waals surface area contributed by atoms with Gasteiger partial charge in [0, 0.05) is 18.9 Å². The van der Waals surface area contributed by atoms with Crippen LogP contribution in [-0.4, -0.2) is 15.7 Å². The lowest BCUT2D eigenvalue weighted by atomic mass is 10.1. The number of hydrogen-bond acceptors (Lipinski definition) is 3. The maximum absolute atomic E-state index is 12.6. The molecule has 0 bridgehead atoms. The van der Waals surface area contributed by atoms with Crippen molar-refractivity contribution in [3.05, 3.63) is 47.3 Å². The number of anilines is 1. The number of rotatable bonds is 3. The summed E-state index contributed by atoms with van der Waals surface area (Å²) in [5.41, 5.74) is 5.16. The Morgan fingerprint density at radius 1 is 1.38 bits per heavy atom. The van der Waals surface area contributed by atoms with Gasteiger partial charge >= 0.3 is 6.18 Å². The Balaban J connectivity index is 2.17. The van der Waals surface area contributed by atoms with Gasteiger partial charge in [-0.15, -0.1) is 0 Å². The molecule has 0 radical (unpaired) electrons. The average molecular weight is 298 g/mol. The molecule has 0 aliphatic heterocycles. The first-order chi connectivity index (χ1) is 9.79. The van der Waals surface area contributed by atoms with Crippen LogP contribution in [0.2, 0.25) is 0 Å². The molecule has 0 aliphatic rings. The zero-order valence-electron chi connectivity index (χ0n) is 11.1. The van der Waals surface area contributed by atoms with E-state index < -0.39 is 17.6 Å². The highest BCUT2D eigenvalue weighted by atomic mass is 19.4. The zero-order valence-corrected chi connectivity index (χ0v) is 11.1. The van der Waals surface area contributed by atoms with Crippen LogP contribution in [0.4, 0.5) is 18.9 Å². The van der Waals surface area contributed by atoms with Gasteiger partial charge in [0.15, 0.2) is 0 Å². The summed E-state index contributed by atoms with van der Waals surface area (Å²) in [5.74, 6) is -0.667. The third-order valence-electron chi connectivity index (χ3n) is 2.98. The Morgan fingerprint density at radius 2 is 2.10 bits per heavy atom. The van der Waals surface area contributed by atoms with Gasteiger partial charge in [0.1, 0.15) is 0 Å². The highest BCUT2D eigenvalue weighted by Crippen LogP contribution is 2.31. The van der Waals surface area contributed by atoms with Crippen molar-refractivity contribution in [1.82, 2.24) is 15.1 Å². The predicted molar refractivity (Wildman–Crippen MR) is 70.2 cm³/mol. The fourth-order valence-corrected chi connectivity index (χ4v) is 1.77. The molecule has 8 heteroatoms. The molecule has 1 amide bonds. The van der Waals surface area contributed by atoms with E-state index in [0.717, 1.165) is 18.2 Å². The second-order valence-corrected chi connectivity index (χ2v) is 4.43. The number of aryl methyl sites for hydroxylation is 1. The van der Waals surface area contributed by atoms with Crippen LogP contribution in [0, 0.1) is 0 Å². The van der Waals surface area contributed by atoms with E-state index >= 15 is 0 Å². The molecule has 112 valence electrons. The minimum Gasteiger partial charge on any atom is -0.398 e. The Hall–Kier alpha value is -2.51. The second-order valence-electron chi connectivity index (χ2n) is 4.43. The summed E-state index contributed by atoms with van der Waals surface area (Å²) in [5, 5.41) is 6.44. The summed E-state index contributed by atoms with van der Waals surface area (Å²) in [6.07, 6.45) is -2.97. The normalized spacial score (nSPS) is 11.4. The lowest BCUT2D eigenvalue weighted by Gasteiger charge is -2.11. The number of benzene rings is 1. The van der Waals surface area contributed by atoms with Gasteiger partial charge in [0.25, 0.3) is 5.91 Å². The molecule has 1 heterocycles. The highest BCUT2D eigenvalue weighted by molar-refractivity contribution is 5.99. The molecule has 0 saturated carbocycles. The predicted octanol–water partition coefficient (Wildman–Crippen LogP) is 1.95. The van der Waals surface area contributed by atoms with Crippen LogP contribution in [0.15, 0.2) is 30.5 Å². The number of hydrogen-bond donors (Lipinski definition) is 2. The maximum atomic E-state index is 12.6. The van der Waals surface area contributed by atoms with E-state index in [-0.39, 0.29) is 17.8 Å². The van der Waals surface area contributed by atoms with E-state index in [1.165, 1.54) is 0 Å². The summed E-state index contributed by atoms with van der Waals surface area (Å²) in [4.78, 5) is 12.0. The van der Waals surface area contributed by atoms with Crippen LogP contribution in [0.3, 0.4) is 0 Å². The number of amides is 1. The van der Waals surface area contributed by atoms with Crippen molar-refractivity contribution in [2.75, 3.05) is 5.73 Å². The van der Waals surface area contributed by atoms with Crippen molar-refractivity contribution >= 4 is 11.6 Å². The molecule has 0 saturated heterocycles. The van der Waals surface area contributed by atoms with E-state index in [0.29, 0.717) is 5.69 Å². The van der Waals surface area contributed by atoms with Gasteiger partial charge in [0.05, 0.1) is 23.4 Å². The van der Waals surface area contributed by atoms with Crippen LogP contribution < -0.4 is 11.1 Å². The van der Waals surface area contributed by atoms with Crippen LogP contribution in [-0.2, 0) is 19.8 Å². The fourth-order valence-electron chi connectivity index (χ4n) is 1.77. The standard InChI is InChI=1S/C13H13F3N4O/c1-20-9(4-5-19-20)7-18-12(21)10-6-8(13(14,15)16)2-3-11(10)17/h2-6H,7,17H2,1H3,(H,18,21). The molecule has 1 aromatic heterocycles. The van der Waals surface area contributed by atoms with E-state index in [1.807, 2.05) is 0 Å². The first-order valence-electron chi connectivity index (χ1n) is 6.01. The summed E-state index contributed by atoms with van der Waals surface area (Å²) in [6, 6.07) is 4.35. The van der Waals surface area contributed by atoms with Gasteiger partial charge in [0.2, 0.25) is 0 Å². The fraction of sp³-hybridized carbons (Fsp3) is 0.231. The Morgan fingerprint density at radius 3 is 2.67 bits per heavy atom. The quantitative estimate of drug-likeness (QED) is 0.851. The van der Waals surface area contributed by atoms with Gasteiger partial charge < -0.3 is 11.1 Å². The first kappa shape index (κ1) is 14.9. The van der Waals surface area contributed by atoms with Gasteiger partial charge in [-0.2, -0.15) is 18.3 Å². The minimum atomic E-state index is -4.52. The average Bonchev–Trinajstić information content (AvgIpc) is 2.80. The van der Waals surface area contributed by atoms with Gasteiger partial charge in [-0.05, 0) is 24.3 Å². The van der Waals surface area contributed by atoms with E-state index in [9.17, 15) is 18.0 Å². The van der Waals surface area contributed by atoms with Crippen molar-refractivity contribution in [3.63, 3.8) is 0 Å². The molecule has 0 atom stereocenters. The molecule has 0 spiro atoms. The van der Waals surface area contributed by atoms with Crippen LogP contribution in [0.5, 0.6) is 0 Å². The Bertz CT molecular complexity index is 664. The molecule has 5 nitrogen and oxygen atoms in total. The Kier molecular flexibility index (Phi) is 3.88. The minimum absolute atomic E-state index is 0.00879. The third-order valence-corrected chi connectivity index (χ3v) is 2.98. The number of carbonyl (C=O) groups excluding carboxylic acids is 1. The molecular weight excluding hydrogens is 285 g/mol. The van der Waals surface area contributed by atoms with E-state index in [4.69, 9.17) is 5.73 Å². The second kappa shape index (κ2) is 5.47. The van der Waals surface area contributed by atoms with E-state index in [2.05, 4.69) is 10.4 Å². The molecular formula is C13H13F3N4O. The molecule has 2 aromatic rings. The van der Waals surface area contributed by atoms with Crippen molar-refractivity contribution in [1.29, 1.82) is 0 Å². The van der Waals surface area contributed by atoms with Crippen molar-refractivity contribution < 1.29 is 18.0 Å². The number of nitrogens with one attached hydrogen (secondary N) is 1. The zero-order chi connectivity index (χ0) is 15.6. The molecule has 2 rings (SSSR count). The third kappa shape index (κ3) is 3.33. The topological polar surface area (TPSA) is 72.9 Å². The van der Waals surface area contributed by atoms with Crippen molar-refractivity contribution in [2.45, 2.75) is 12.7 Å². The van der Waals surface area contributed by atoms with Gasteiger partial charge in [-0.3, -0.25) is 9.48 Å². The summed E-state index contributed by atoms with van der Waals surface area (Å²) >= 11 is 0. The SMILES string of the molecule is Cn1nccc1CNC(=O)c1cc(C(F)(F)F)ccc1N.